The largest absolute Gasteiger partial charge is 0.338 e. The van der Waals surface area contributed by atoms with Gasteiger partial charge in [-0.25, -0.2) is 4.79 Å². The van der Waals surface area contributed by atoms with Gasteiger partial charge >= 0.3 is 6.03 Å². The zero-order chi connectivity index (χ0) is 18.9. The first-order valence-electron chi connectivity index (χ1n) is 9.50. The molecule has 3 aromatic carbocycles. The number of amides is 2. The fourth-order valence-corrected chi connectivity index (χ4v) is 3.23. The Balaban J connectivity index is 1.58. The number of hydrogen-bond acceptors (Lipinski definition) is 1. The summed E-state index contributed by atoms with van der Waals surface area (Å²) in [6.45, 7) is 2.72. The Hall–Kier alpha value is -3.07. The van der Waals surface area contributed by atoms with Crippen molar-refractivity contribution in [2.24, 2.45) is 0 Å². The van der Waals surface area contributed by atoms with E-state index >= 15 is 0 Å². The molecule has 0 atom stereocenters. The van der Waals surface area contributed by atoms with Gasteiger partial charge in [-0.15, -0.1) is 0 Å². The summed E-state index contributed by atoms with van der Waals surface area (Å²) in [4.78, 5) is 12.2. The van der Waals surface area contributed by atoms with Gasteiger partial charge in [-0.2, -0.15) is 0 Å². The van der Waals surface area contributed by atoms with Gasteiger partial charge in [0, 0.05) is 18.2 Å². The standard InChI is InChI=1S/C24H26N2O/c1-2-19-13-15-22(16-14-19)26-24(27)25-18-17-23(20-9-5-3-6-10-20)21-11-7-4-8-12-21/h3-16,23H,2,17-18H2,1H3,(H2,25,26,27). The smallest absolute Gasteiger partial charge is 0.319 e. The van der Waals surface area contributed by atoms with Crippen LogP contribution in [0.5, 0.6) is 0 Å². The molecule has 27 heavy (non-hydrogen) atoms. The van der Waals surface area contributed by atoms with E-state index in [1.165, 1.54) is 16.7 Å². The maximum absolute atomic E-state index is 12.2. The molecule has 2 amide bonds. The van der Waals surface area contributed by atoms with Crippen molar-refractivity contribution in [1.82, 2.24) is 5.32 Å². The molecule has 0 aliphatic rings. The Morgan fingerprint density at radius 3 is 1.89 bits per heavy atom. The summed E-state index contributed by atoms with van der Waals surface area (Å²) >= 11 is 0. The van der Waals surface area contributed by atoms with E-state index in [0.717, 1.165) is 18.5 Å². The van der Waals surface area contributed by atoms with E-state index in [9.17, 15) is 4.79 Å². The minimum Gasteiger partial charge on any atom is -0.338 e. The van der Waals surface area contributed by atoms with Crippen LogP contribution >= 0.6 is 0 Å². The molecule has 0 aliphatic heterocycles. The fourth-order valence-electron chi connectivity index (χ4n) is 3.23. The summed E-state index contributed by atoms with van der Waals surface area (Å²) < 4.78 is 0. The van der Waals surface area contributed by atoms with Crippen LogP contribution < -0.4 is 10.6 Å². The molecule has 2 N–H and O–H groups in total. The van der Waals surface area contributed by atoms with Crippen molar-refractivity contribution < 1.29 is 4.79 Å². The van der Waals surface area contributed by atoms with E-state index in [4.69, 9.17) is 0 Å². The minimum absolute atomic E-state index is 0.167. The summed E-state index contributed by atoms with van der Waals surface area (Å²) in [5.74, 6) is 0.261. The van der Waals surface area contributed by atoms with Gasteiger partial charge in [0.15, 0.2) is 0 Å². The average Bonchev–Trinajstić information content (AvgIpc) is 2.73. The molecule has 0 bridgehead atoms. The summed E-state index contributed by atoms with van der Waals surface area (Å²) in [5.41, 5.74) is 4.60. The van der Waals surface area contributed by atoms with E-state index < -0.39 is 0 Å². The van der Waals surface area contributed by atoms with Crippen molar-refractivity contribution in [2.45, 2.75) is 25.7 Å². The number of urea groups is 1. The minimum atomic E-state index is -0.167. The van der Waals surface area contributed by atoms with Crippen LogP contribution in [0.3, 0.4) is 0 Å². The van der Waals surface area contributed by atoms with E-state index in [1.54, 1.807) is 0 Å². The second kappa shape index (κ2) is 9.58. The number of aryl methyl sites for hydroxylation is 1. The fraction of sp³-hybridized carbons (Fsp3) is 0.208. The van der Waals surface area contributed by atoms with Gasteiger partial charge in [0.05, 0.1) is 0 Å². The zero-order valence-electron chi connectivity index (χ0n) is 15.7. The molecule has 0 aliphatic carbocycles. The third-order valence-corrected chi connectivity index (χ3v) is 4.74. The van der Waals surface area contributed by atoms with Gasteiger partial charge in [-0.1, -0.05) is 79.7 Å². The second-order valence-electron chi connectivity index (χ2n) is 6.59. The normalized spacial score (nSPS) is 10.6. The van der Waals surface area contributed by atoms with E-state index in [2.05, 4.69) is 66.1 Å². The predicted molar refractivity (Wildman–Crippen MR) is 112 cm³/mol. The molecule has 0 saturated heterocycles. The molecular formula is C24H26N2O. The highest BCUT2D eigenvalue weighted by Gasteiger charge is 2.14. The zero-order valence-corrected chi connectivity index (χ0v) is 15.7. The lowest BCUT2D eigenvalue weighted by atomic mass is 9.88. The first-order valence-corrected chi connectivity index (χ1v) is 9.50. The second-order valence-corrected chi connectivity index (χ2v) is 6.59. The van der Waals surface area contributed by atoms with Crippen LogP contribution in [0.1, 0.15) is 36.0 Å². The molecule has 0 heterocycles. The highest BCUT2D eigenvalue weighted by molar-refractivity contribution is 5.89. The summed E-state index contributed by atoms with van der Waals surface area (Å²) in [5, 5.41) is 5.88. The summed E-state index contributed by atoms with van der Waals surface area (Å²) in [6, 6.07) is 28.7. The van der Waals surface area contributed by atoms with Crippen molar-refractivity contribution in [3.8, 4) is 0 Å². The van der Waals surface area contributed by atoms with Crippen molar-refractivity contribution in [3.05, 3.63) is 102 Å². The first kappa shape index (κ1) is 18.7. The molecule has 138 valence electrons. The third-order valence-electron chi connectivity index (χ3n) is 4.74. The van der Waals surface area contributed by atoms with Gasteiger partial charge in [0.1, 0.15) is 0 Å². The van der Waals surface area contributed by atoms with Gasteiger partial charge in [0.25, 0.3) is 0 Å². The molecule has 0 fully saturated rings. The maximum Gasteiger partial charge on any atom is 0.319 e. The van der Waals surface area contributed by atoms with Crippen molar-refractivity contribution in [1.29, 1.82) is 0 Å². The third kappa shape index (κ3) is 5.45. The van der Waals surface area contributed by atoms with Crippen molar-refractivity contribution >= 4 is 11.7 Å². The van der Waals surface area contributed by atoms with E-state index in [1.807, 2.05) is 36.4 Å². The van der Waals surface area contributed by atoms with Crippen LogP contribution in [0.15, 0.2) is 84.9 Å². The van der Waals surface area contributed by atoms with Crippen molar-refractivity contribution in [2.75, 3.05) is 11.9 Å². The molecule has 0 saturated carbocycles. The Morgan fingerprint density at radius 1 is 0.815 bits per heavy atom. The Kier molecular flexibility index (Phi) is 6.64. The van der Waals surface area contributed by atoms with Crippen LogP contribution in [0.4, 0.5) is 10.5 Å². The van der Waals surface area contributed by atoms with Gasteiger partial charge in [0.2, 0.25) is 0 Å². The van der Waals surface area contributed by atoms with Gasteiger partial charge in [-0.3, -0.25) is 0 Å². The molecule has 3 heteroatoms. The monoisotopic (exact) mass is 358 g/mol. The first-order chi connectivity index (χ1) is 13.3. The molecule has 0 unspecified atom stereocenters. The number of rotatable bonds is 7. The number of benzene rings is 3. The lowest BCUT2D eigenvalue weighted by Crippen LogP contribution is -2.30. The summed E-state index contributed by atoms with van der Waals surface area (Å²) in [7, 11) is 0. The van der Waals surface area contributed by atoms with E-state index in [-0.39, 0.29) is 11.9 Å². The van der Waals surface area contributed by atoms with Crippen molar-refractivity contribution in [3.63, 3.8) is 0 Å². The molecule has 3 rings (SSSR count). The molecule has 3 nitrogen and oxygen atoms in total. The number of carbonyl (C=O) groups excluding carboxylic acids is 1. The number of hydrogen-bond donors (Lipinski definition) is 2. The quantitative estimate of drug-likeness (QED) is 0.568. The molecular weight excluding hydrogens is 332 g/mol. The van der Waals surface area contributed by atoms with Gasteiger partial charge in [-0.05, 0) is 41.7 Å². The number of nitrogens with one attached hydrogen (secondary N) is 2. The predicted octanol–water partition coefficient (Wildman–Crippen LogP) is 5.59. The van der Waals surface area contributed by atoms with Gasteiger partial charge < -0.3 is 10.6 Å². The van der Waals surface area contributed by atoms with Crippen LogP contribution in [0.25, 0.3) is 0 Å². The lowest BCUT2D eigenvalue weighted by molar-refractivity contribution is 0.252. The SMILES string of the molecule is CCc1ccc(NC(=O)NCCC(c2ccccc2)c2ccccc2)cc1. The Bertz CT molecular complexity index is 790. The Labute approximate surface area is 161 Å². The molecule has 0 radical (unpaired) electrons. The van der Waals surface area contributed by atoms with Crippen LogP contribution in [0, 0.1) is 0 Å². The van der Waals surface area contributed by atoms with Crippen LogP contribution in [-0.2, 0) is 6.42 Å². The highest BCUT2D eigenvalue weighted by Crippen LogP contribution is 2.27. The average molecular weight is 358 g/mol. The molecule has 0 aromatic heterocycles. The lowest BCUT2D eigenvalue weighted by Gasteiger charge is -2.18. The highest BCUT2D eigenvalue weighted by atomic mass is 16.2. The Morgan fingerprint density at radius 2 is 1.37 bits per heavy atom. The van der Waals surface area contributed by atoms with Crippen LogP contribution in [0.2, 0.25) is 0 Å². The number of anilines is 1. The van der Waals surface area contributed by atoms with Crippen LogP contribution in [-0.4, -0.2) is 12.6 Å². The molecule has 3 aromatic rings. The maximum atomic E-state index is 12.2. The van der Waals surface area contributed by atoms with E-state index in [0.29, 0.717) is 6.54 Å². The number of carbonyl (C=O) groups is 1. The molecule has 0 spiro atoms. The summed E-state index contributed by atoms with van der Waals surface area (Å²) in [6.07, 6.45) is 1.84. The topological polar surface area (TPSA) is 41.1 Å².